The first-order valence-corrected chi connectivity index (χ1v) is 4.77. The van der Waals surface area contributed by atoms with Crippen LogP contribution in [0, 0.1) is 0 Å². The van der Waals surface area contributed by atoms with Gasteiger partial charge >= 0.3 is 6.03 Å². The third-order valence-corrected chi connectivity index (χ3v) is 1.66. The molecule has 0 aliphatic carbocycles. The van der Waals surface area contributed by atoms with Crippen molar-refractivity contribution in [2.24, 2.45) is 0 Å². The molecular formula is C9H12ClN3O. The van der Waals surface area contributed by atoms with Crippen molar-refractivity contribution in [2.75, 3.05) is 17.9 Å². The number of carbonyl (C=O) groups excluding carboxylic acids is 1. The van der Waals surface area contributed by atoms with E-state index in [-0.39, 0.29) is 6.03 Å². The molecule has 4 nitrogen and oxygen atoms in total. The van der Waals surface area contributed by atoms with Crippen LogP contribution in [-0.4, -0.2) is 18.5 Å². The van der Waals surface area contributed by atoms with E-state index < -0.39 is 0 Å². The van der Waals surface area contributed by atoms with Gasteiger partial charge in [0, 0.05) is 12.4 Å². The van der Waals surface area contributed by atoms with E-state index in [1.807, 2.05) is 30.3 Å². The monoisotopic (exact) mass is 213 g/mol. The van der Waals surface area contributed by atoms with E-state index >= 15 is 0 Å². The molecular weight excluding hydrogens is 202 g/mol. The van der Waals surface area contributed by atoms with Gasteiger partial charge in [0.1, 0.15) is 0 Å². The molecule has 0 unspecified atom stereocenters. The first-order chi connectivity index (χ1) is 6.83. The predicted molar refractivity (Wildman–Crippen MR) is 57.3 cm³/mol. The second kappa shape index (κ2) is 6.10. The van der Waals surface area contributed by atoms with Gasteiger partial charge in [-0.1, -0.05) is 18.2 Å². The Morgan fingerprint density at radius 1 is 1.29 bits per heavy atom. The van der Waals surface area contributed by atoms with Crippen molar-refractivity contribution in [1.29, 1.82) is 0 Å². The normalized spacial score (nSPS) is 9.21. The lowest BCUT2D eigenvalue weighted by molar-refractivity contribution is 0.243. The topological polar surface area (TPSA) is 53.2 Å². The van der Waals surface area contributed by atoms with Gasteiger partial charge in [0.25, 0.3) is 0 Å². The summed E-state index contributed by atoms with van der Waals surface area (Å²) in [6.07, 6.45) is 0. The summed E-state index contributed by atoms with van der Waals surface area (Å²) >= 11 is 5.40. The van der Waals surface area contributed by atoms with Crippen LogP contribution in [0.3, 0.4) is 0 Å². The van der Waals surface area contributed by atoms with E-state index in [0.717, 1.165) is 5.69 Å². The lowest BCUT2D eigenvalue weighted by atomic mass is 10.3. The molecule has 1 aromatic rings. The second-order valence-electron chi connectivity index (χ2n) is 2.56. The Balaban J connectivity index is 2.24. The van der Waals surface area contributed by atoms with Crippen molar-refractivity contribution in [1.82, 2.24) is 10.7 Å². The van der Waals surface area contributed by atoms with Crippen LogP contribution in [0.1, 0.15) is 0 Å². The number of alkyl halides is 1. The molecule has 0 saturated carbocycles. The Morgan fingerprint density at radius 2 is 2.00 bits per heavy atom. The molecule has 5 heteroatoms. The fourth-order valence-corrected chi connectivity index (χ4v) is 0.950. The molecule has 0 saturated heterocycles. The number of hydrazine groups is 1. The maximum atomic E-state index is 11.0. The molecule has 1 rings (SSSR count). The third kappa shape index (κ3) is 4.00. The van der Waals surface area contributed by atoms with Crippen LogP contribution in [0.2, 0.25) is 0 Å². The molecule has 14 heavy (non-hydrogen) atoms. The highest BCUT2D eigenvalue weighted by molar-refractivity contribution is 6.18. The van der Waals surface area contributed by atoms with Crippen molar-refractivity contribution in [3.05, 3.63) is 30.3 Å². The summed E-state index contributed by atoms with van der Waals surface area (Å²) in [7, 11) is 0. The summed E-state index contributed by atoms with van der Waals surface area (Å²) in [5.74, 6) is 0.402. The van der Waals surface area contributed by atoms with Crippen LogP contribution in [0.25, 0.3) is 0 Å². The van der Waals surface area contributed by atoms with Gasteiger partial charge in [-0.25, -0.2) is 4.79 Å². The maximum absolute atomic E-state index is 11.0. The van der Waals surface area contributed by atoms with Gasteiger partial charge in [-0.3, -0.25) is 10.9 Å². The summed E-state index contributed by atoms with van der Waals surface area (Å²) in [4.78, 5) is 11.0. The van der Waals surface area contributed by atoms with Gasteiger partial charge < -0.3 is 5.32 Å². The molecule has 0 heterocycles. The van der Waals surface area contributed by atoms with Crippen molar-refractivity contribution >= 4 is 23.3 Å². The number of hydrogen-bond acceptors (Lipinski definition) is 2. The zero-order chi connectivity index (χ0) is 10.2. The molecule has 0 radical (unpaired) electrons. The fraction of sp³-hybridized carbons (Fsp3) is 0.222. The number of carbonyl (C=O) groups is 1. The number of para-hydroxylation sites is 1. The Hall–Kier alpha value is -1.42. The molecule has 0 fully saturated rings. The quantitative estimate of drug-likeness (QED) is 0.525. The van der Waals surface area contributed by atoms with Crippen molar-refractivity contribution < 1.29 is 4.79 Å². The van der Waals surface area contributed by atoms with E-state index in [1.54, 1.807) is 0 Å². The molecule has 0 spiro atoms. The van der Waals surface area contributed by atoms with Gasteiger partial charge in [-0.05, 0) is 12.1 Å². The summed E-state index contributed by atoms with van der Waals surface area (Å²) in [5.41, 5.74) is 6.05. The second-order valence-corrected chi connectivity index (χ2v) is 2.94. The van der Waals surface area contributed by atoms with Crippen LogP contribution >= 0.6 is 11.6 Å². The largest absolute Gasteiger partial charge is 0.336 e. The number of benzene rings is 1. The van der Waals surface area contributed by atoms with Gasteiger partial charge in [-0.2, -0.15) is 0 Å². The zero-order valence-corrected chi connectivity index (χ0v) is 8.34. The lowest BCUT2D eigenvalue weighted by Crippen LogP contribution is -2.39. The van der Waals surface area contributed by atoms with Crippen LogP contribution in [0.4, 0.5) is 10.5 Å². The van der Waals surface area contributed by atoms with Gasteiger partial charge in [0.15, 0.2) is 0 Å². The third-order valence-electron chi connectivity index (χ3n) is 1.47. The molecule has 0 aromatic heterocycles. The minimum atomic E-state index is -0.297. The highest BCUT2D eigenvalue weighted by atomic mass is 35.5. The average Bonchev–Trinajstić information content (AvgIpc) is 2.25. The number of anilines is 1. The average molecular weight is 214 g/mol. The molecule has 2 amide bonds. The van der Waals surface area contributed by atoms with E-state index in [2.05, 4.69) is 16.2 Å². The Bertz CT molecular complexity index is 279. The number of amides is 2. The van der Waals surface area contributed by atoms with E-state index in [1.165, 1.54) is 0 Å². The number of rotatable bonds is 4. The lowest BCUT2D eigenvalue weighted by Gasteiger charge is -2.08. The molecule has 0 aliphatic rings. The van der Waals surface area contributed by atoms with E-state index in [9.17, 15) is 4.79 Å². The first kappa shape index (κ1) is 10.7. The van der Waals surface area contributed by atoms with Crippen LogP contribution in [0.5, 0.6) is 0 Å². The summed E-state index contributed by atoms with van der Waals surface area (Å²) < 4.78 is 0. The smallest absolute Gasteiger partial charge is 0.333 e. The van der Waals surface area contributed by atoms with E-state index in [4.69, 9.17) is 11.6 Å². The Labute approximate surface area is 87.6 Å². The van der Waals surface area contributed by atoms with Gasteiger partial charge in [0.2, 0.25) is 0 Å². The molecule has 0 aliphatic heterocycles. The van der Waals surface area contributed by atoms with Crippen molar-refractivity contribution in [2.45, 2.75) is 0 Å². The maximum Gasteiger partial charge on any atom is 0.333 e. The van der Waals surface area contributed by atoms with Gasteiger partial charge in [-0.15, -0.1) is 11.6 Å². The SMILES string of the molecule is O=C(NCCCl)NNc1ccccc1. The van der Waals surface area contributed by atoms with Crippen LogP contribution in [0.15, 0.2) is 30.3 Å². The molecule has 3 N–H and O–H groups in total. The zero-order valence-electron chi connectivity index (χ0n) is 7.59. The number of halogens is 1. The van der Waals surface area contributed by atoms with Crippen molar-refractivity contribution in [3.8, 4) is 0 Å². The highest BCUT2D eigenvalue weighted by Gasteiger charge is 1.96. The van der Waals surface area contributed by atoms with Gasteiger partial charge in [0.05, 0.1) is 5.69 Å². The number of nitrogens with one attached hydrogen (secondary N) is 3. The van der Waals surface area contributed by atoms with Crippen molar-refractivity contribution in [3.63, 3.8) is 0 Å². The number of hydrogen-bond donors (Lipinski definition) is 3. The highest BCUT2D eigenvalue weighted by Crippen LogP contribution is 2.01. The number of urea groups is 1. The summed E-state index contributed by atoms with van der Waals surface area (Å²) in [6.45, 7) is 0.448. The molecule has 1 aromatic carbocycles. The summed E-state index contributed by atoms with van der Waals surface area (Å²) in [5, 5.41) is 2.56. The summed E-state index contributed by atoms with van der Waals surface area (Å²) in [6, 6.07) is 9.05. The predicted octanol–water partition coefficient (Wildman–Crippen LogP) is 1.55. The van der Waals surface area contributed by atoms with Crippen LogP contribution in [-0.2, 0) is 0 Å². The molecule has 0 bridgehead atoms. The van der Waals surface area contributed by atoms with E-state index in [0.29, 0.717) is 12.4 Å². The molecule has 76 valence electrons. The standard InChI is InChI=1S/C9H12ClN3O/c10-6-7-11-9(14)13-12-8-4-2-1-3-5-8/h1-5,12H,6-7H2,(H2,11,13,14). The Morgan fingerprint density at radius 3 is 2.64 bits per heavy atom. The first-order valence-electron chi connectivity index (χ1n) is 4.24. The fourth-order valence-electron chi connectivity index (χ4n) is 0.855. The minimum absolute atomic E-state index is 0.297. The Kier molecular flexibility index (Phi) is 4.64. The van der Waals surface area contributed by atoms with Crippen LogP contribution < -0.4 is 16.2 Å². The molecule has 0 atom stereocenters. The minimum Gasteiger partial charge on any atom is -0.336 e.